The van der Waals surface area contributed by atoms with E-state index < -0.39 is 0 Å². The van der Waals surface area contributed by atoms with Crippen molar-refractivity contribution in [2.45, 2.75) is 0 Å². The molecule has 0 N–H and O–H groups in total. The number of furan rings is 1. The molecule has 0 saturated heterocycles. The summed E-state index contributed by atoms with van der Waals surface area (Å²) in [5.74, 6) is 0. The first-order valence-corrected chi connectivity index (χ1v) is 16.4. The minimum absolute atomic E-state index is 0.892. The van der Waals surface area contributed by atoms with Gasteiger partial charge in [0.05, 0.1) is 0 Å². The van der Waals surface area contributed by atoms with Crippen molar-refractivity contribution in [3.63, 3.8) is 0 Å². The second-order valence-corrected chi connectivity index (χ2v) is 12.5. The third kappa shape index (κ3) is 4.20. The van der Waals surface area contributed by atoms with Crippen molar-refractivity contribution in [1.29, 1.82) is 0 Å². The molecule has 0 atom stereocenters. The molecule has 10 aromatic rings. The van der Waals surface area contributed by atoms with Gasteiger partial charge in [-0.2, -0.15) is 0 Å². The third-order valence-corrected chi connectivity index (χ3v) is 9.80. The Labute approximate surface area is 277 Å². The van der Waals surface area contributed by atoms with Crippen LogP contribution in [-0.2, 0) is 0 Å². The Bertz CT molecular complexity index is 2830. The minimum atomic E-state index is 0.892. The first kappa shape index (κ1) is 26.8. The van der Waals surface area contributed by atoms with Gasteiger partial charge in [-0.3, -0.25) is 0 Å². The molecule has 10 rings (SSSR count). The van der Waals surface area contributed by atoms with E-state index in [0.717, 1.165) is 39.0 Å². The molecule has 0 bridgehead atoms. The molecule has 0 saturated carbocycles. The highest BCUT2D eigenvalue weighted by Crippen LogP contribution is 2.42. The molecule has 2 nitrogen and oxygen atoms in total. The number of nitrogens with zero attached hydrogens (tertiary/aromatic N) is 1. The largest absolute Gasteiger partial charge is 0.456 e. The van der Waals surface area contributed by atoms with Crippen LogP contribution in [0, 0.1) is 0 Å². The number of benzene rings is 9. The molecule has 0 fully saturated rings. The summed E-state index contributed by atoms with van der Waals surface area (Å²) in [5, 5.41) is 12.3. The van der Waals surface area contributed by atoms with Gasteiger partial charge in [-0.1, -0.05) is 115 Å². The number of hydrogen-bond acceptors (Lipinski definition) is 2. The first-order chi connectivity index (χ1) is 23.8. The monoisotopic (exact) mass is 611 g/mol. The van der Waals surface area contributed by atoms with Crippen LogP contribution in [0.2, 0.25) is 0 Å². The molecule has 48 heavy (non-hydrogen) atoms. The van der Waals surface area contributed by atoms with Gasteiger partial charge in [-0.25, -0.2) is 0 Å². The summed E-state index contributed by atoms with van der Waals surface area (Å²) in [6.45, 7) is 0. The Kier molecular flexibility index (Phi) is 5.91. The predicted molar refractivity (Wildman–Crippen MR) is 204 cm³/mol. The molecule has 9 aromatic carbocycles. The average Bonchev–Trinajstić information content (AvgIpc) is 3.51. The van der Waals surface area contributed by atoms with E-state index in [2.05, 4.69) is 181 Å². The molecule has 1 heterocycles. The maximum Gasteiger partial charge on any atom is 0.136 e. The minimum Gasteiger partial charge on any atom is -0.456 e. The van der Waals surface area contributed by atoms with Crippen LogP contribution in [0.3, 0.4) is 0 Å². The highest BCUT2D eigenvalue weighted by molar-refractivity contribution is 6.21. The van der Waals surface area contributed by atoms with Crippen molar-refractivity contribution in [3.05, 3.63) is 176 Å². The molecule has 0 radical (unpaired) electrons. The fourth-order valence-electron chi connectivity index (χ4n) is 7.50. The summed E-state index contributed by atoms with van der Waals surface area (Å²) in [6.07, 6.45) is 0. The smallest absolute Gasteiger partial charge is 0.136 e. The van der Waals surface area contributed by atoms with Gasteiger partial charge in [-0.05, 0) is 115 Å². The van der Waals surface area contributed by atoms with Crippen molar-refractivity contribution in [2.75, 3.05) is 4.90 Å². The lowest BCUT2D eigenvalue weighted by atomic mass is 9.91. The Morgan fingerprint density at radius 3 is 1.73 bits per heavy atom. The second-order valence-electron chi connectivity index (χ2n) is 12.5. The number of rotatable bonds is 4. The van der Waals surface area contributed by atoms with Crippen molar-refractivity contribution < 1.29 is 4.42 Å². The van der Waals surface area contributed by atoms with Crippen molar-refractivity contribution >= 4 is 82.1 Å². The molecule has 1 aromatic heterocycles. The maximum atomic E-state index is 6.35. The van der Waals surface area contributed by atoms with E-state index in [1.54, 1.807) is 0 Å². The standard InChI is InChI=1S/C46H29NO/c1-2-13-34(14-3-1)47(36-23-25-45-44(28-36)43-26-32-11-4-5-12-33(32)27-46(43)48-45)35-21-18-31(19-22-35)41-29-42-37-15-7-6-10-30(37)20-24-40(42)38-16-8-9-17-39(38)41/h1-29H. The molecule has 0 aliphatic rings. The predicted octanol–water partition coefficient (Wildman–Crippen LogP) is 13.3. The van der Waals surface area contributed by atoms with E-state index in [0.29, 0.717) is 0 Å². The van der Waals surface area contributed by atoms with E-state index in [9.17, 15) is 0 Å². The molecular weight excluding hydrogens is 583 g/mol. The van der Waals surface area contributed by atoms with Gasteiger partial charge < -0.3 is 9.32 Å². The van der Waals surface area contributed by atoms with Gasteiger partial charge >= 0.3 is 0 Å². The van der Waals surface area contributed by atoms with Crippen molar-refractivity contribution in [1.82, 2.24) is 0 Å². The van der Waals surface area contributed by atoms with Crippen molar-refractivity contribution in [3.8, 4) is 11.1 Å². The molecule has 2 heteroatoms. The fraction of sp³-hybridized carbons (Fsp3) is 0. The zero-order chi connectivity index (χ0) is 31.6. The normalized spacial score (nSPS) is 11.8. The first-order valence-electron chi connectivity index (χ1n) is 16.4. The molecule has 0 spiro atoms. The van der Waals surface area contributed by atoms with Gasteiger partial charge in [0.1, 0.15) is 11.2 Å². The fourth-order valence-corrected chi connectivity index (χ4v) is 7.50. The van der Waals surface area contributed by atoms with E-state index in [1.165, 1.54) is 54.2 Å². The van der Waals surface area contributed by atoms with Gasteiger partial charge in [0.25, 0.3) is 0 Å². The number of para-hydroxylation sites is 1. The zero-order valence-corrected chi connectivity index (χ0v) is 26.1. The summed E-state index contributed by atoms with van der Waals surface area (Å²) in [7, 11) is 0. The molecule has 224 valence electrons. The van der Waals surface area contributed by atoms with E-state index in [4.69, 9.17) is 4.42 Å². The lowest BCUT2D eigenvalue weighted by Gasteiger charge is -2.26. The molecule has 0 aliphatic heterocycles. The van der Waals surface area contributed by atoms with Crippen LogP contribution < -0.4 is 4.90 Å². The average molecular weight is 612 g/mol. The van der Waals surface area contributed by atoms with Gasteiger partial charge in [0.15, 0.2) is 0 Å². The van der Waals surface area contributed by atoms with Crippen LogP contribution >= 0.6 is 0 Å². The Balaban J connectivity index is 1.13. The summed E-state index contributed by atoms with van der Waals surface area (Å²) in [5.41, 5.74) is 7.52. The number of hydrogen-bond donors (Lipinski definition) is 0. The lowest BCUT2D eigenvalue weighted by molar-refractivity contribution is 0.669. The lowest BCUT2D eigenvalue weighted by Crippen LogP contribution is -2.09. The Morgan fingerprint density at radius 2 is 0.917 bits per heavy atom. The second kappa shape index (κ2) is 10.6. The van der Waals surface area contributed by atoms with Crippen LogP contribution in [0.15, 0.2) is 180 Å². The van der Waals surface area contributed by atoms with Crippen molar-refractivity contribution in [2.24, 2.45) is 0 Å². The quantitative estimate of drug-likeness (QED) is 0.184. The third-order valence-electron chi connectivity index (χ3n) is 9.80. The van der Waals surface area contributed by atoms with Gasteiger partial charge in [0, 0.05) is 27.8 Å². The highest BCUT2D eigenvalue weighted by atomic mass is 16.3. The topological polar surface area (TPSA) is 16.4 Å². The zero-order valence-electron chi connectivity index (χ0n) is 26.1. The molecule has 0 amide bonds. The summed E-state index contributed by atoms with van der Waals surface area (Å²) in [4.78, 5) is 2.33. The number of fused-ring (bicyclic) bond motifs is 9. The molecule has 0 aliphatic carbocycles. The summed E-state index contributed by atoms with van der Waals surface area (Å²) in [6, 6.07) is 63.4. The van der Waals surface area contributed by atoms with E-state index >= 15 is 0 Å². The molecule has 0 unspecified atom stereocenters. The number of anilines is 3. The SMILES string of the molecule is c1ccc(N(c2ccc(-c3cc4c5ccccc5ccc4c4ccccc34)cc2)c2ccc3oc4cc5ccccc5cc4c3c2)cc1. The summed E-state index contributed by atoms with van der Waals surface area (Å²) >= 11 is 0. The van der Waals surface area contributed by atoms with E-state index in [1.807, 2.05) is 0 Å². The Morgan fingerprint density at radius 1 is 0.312 bits per heavy atom. The van der Waals surface area contributed by atoms with Crippen LogP contribution in [0.5, 0.6) is 0 Å². The van der Waals surface area contributed by atoms with Crippen LogP contribution in [0.25, 0.3) is 76.2 Å². The Hall–Kier alpha value is -6.38. The molecular formula is C46H29NO. The van der Waals surface area contributed by atoms with Crippen LogP contribution in [0.1, 0.15) is 0 Å². The van der Waals surface area contributed by atoms with Gasteiger partial charge in [-0.15, -0.1) is 0 Å². The van der Waals surface area contributed by atoms with E-state index in [-0.39, 0.29) is 0 Å². The summed E-state index contributed by atoms with van der Waals surface area (Å²) < 4.78 is 6.35. The van der Waals surface area contributed by atoms with Gasteiger partial charge in [0.2, 0.25) is 0 Å². The maximum absolute atomic E-state index is 6.35. The van der Waals surface area contributed by atoms with Crippen LogP contribution in [0.4, 0.5) is 17.1 Å². The van der Waals surface area contributed by atoms with Crippen LogP contribution in [-0.4, -0.2) is 0 Å². The highest BCUT2D eigenvalue weighted by Gasteiger charge is 2.17.